The highest BCUT2D eigenvalue weighted by molar-refractivity contribution is 5.87. The molecule has 1 heterocycles. The quantitative estimate of drug-likeness (QED) is 0.288. The van der Waals surface area contributed by atoms with Gasteiger partial charge in [0.05, 0.1) is 12.1 Å². The topological polar surface area (TPSA) is 117 Å². The highest BCUT2D eigenvalue weighted by Crippen LogP contribution is 2.18. The highest BCUT2D eigenvalue weighted by Gasteiger charge is 2.30. The summed E-state index contributed by atoms with van der Waals surface area (Å²) in [5.41, 5.74) is 2.02. The number of nitrogens with one attached hydrogen (secondary N) is 3. The predicted octanol–water partition coefficient (Wildman–Crippen LogP) is 3.17. The van der Waals surface area contributed by atoms with Gasteiger partial charge in [0.25, 0.3) is 0 Å². The van der Waals surface area contributed by atoms with Crippen LogP contribution in [0.25, 0.3) is 0 Å². The van der Waals surface area contributed by atoms with Crippen molar-refractivity contribution in [3.8, 4) is 0 Å². The highest BCUT2D eigenvalue weighted by atomic mass is 16.5. The Labute approximate surface area is 238 Å². The van der Waals surface area contributed by atoms with Crippen LogP contribution in [0.15, 0.2) is 60.7 Å². The maximum Gasteiger partial charge on any atom is 0.242 e. The predicted molar refractivity (Wildman–Crippen MR) is 155 cm³/mol. The fourth-order valence-corrected chi connectivity index (χ4v) is 5.21. The first kappa shape index (κ1) is 31.3. The first-order valence-corrected chi connectivity index (χ1v) is 14.4. The van der Waals surface area contributed by atoms with E-state index in [-0.39, 0.29) is 42.0 Å². The number of rotatable bonds is 14. The average molecular weight is 552 g/mol. The summed E-state index contributed by atoms with van der Waals surface area (Å²) in [4.78, 5) is 38.3. The summed E-state index contributed by atoms with van der Waals surface area (Å²) in [6.45, 7) is 6.52. The van der Waals surface area contributed by atoms with Crippen LogP contribution < -0.4 is 16.0 Å². The third-order valence-electron chi connectivity index (χ3n) is 7.28. The molecule has 218 valence electrons. The first-order chi connectivity index (χ1) is 19.2. The van der Waals surface area contributed by atoms with E-state index >= 15 is 0 Å². The molecule has 8 nitrogen and oxygen atoms in total. The summed E-state index contributed by atoms with van der Waals surface area (Å²) in [5.74, 6) is -0.550. The Balaban J connectivity index is 1.79. The third kappa shape index (κ3) is 10.7. The van der Waals surface area contributed by atoms with E-state index in [9.17, 15) is 19.5 Å². The Bertz CT molecular complexity index is 1060. The number of carbonyl (C=O) groups excluding carboxylic acids is 3. The average Bonchev–Trinajstić information content (AvgIpc) is 2.93. The number of aliphatic hydroxyl groups excluding tert-OH is 1. The van der Waals surface area contributed by atoms with E-state index in [4.69, 9.17) is 4.74 Å². The lowest BCUT2D eigenvalue weighted by Gasteiger charge is -2.31. The Hall–Kier alpha value is -3.23. The van der Waals surface area contributed by atoms with Crippen molar-refractivity contribution in [2.75, 3.05) is 13.2 Å². The molecule has 40 heavy (non-hydrogen) atoms. The van der Waals surface area contributed by atoms with Gasteiger partial charge in [-0.15, -0.1) is 0 Å². The number of ether oxygens (including phenoxy) is 1. The van der Waals surface area contributed by atoms with Crippen LogP contribution in [0.4, 0.5) is 0 Å². The van der Waals surface area contributed by atoms with Gasteiger partial charge in [0.15, 0.2) is 0 Å². The lowest BCUT2D eigenvalue weighted by atomic mass is 9.92. The van der Waals surface area contributed by atoms with Crippen molar-refractivity contribution in [1.29, 1.82) is 0 Å². The zero-order chi connectivity index (χ0) is 28.9. The largest absolute Gasteiger partial charge is 0.391 e. The Morgan fingerprint density at radius 3 is 1.98 bits per heavy atom. The van der Waals surface area contributed by atoms with Crippen LogP contribution in [0.5, 0.6) is 0 Å². The molecule has 0 radical (unpaired) electrons. The molecule has 0 saturated carbocycles. The first-order valence-electron chi connectivity index (χ1n) is 14.4. The molecule has 1 aliphatic heterocycles. The molecule has 0 spiro atoms. The number of hydrogen-bond acceptors (Lipinski definition) is 5. The lowest BCUT2D eigenvalue weighted by molar-refractivity contribution is -0.130. The van der Waals surface area contributed by atoms with E-state index in [2.05, 4.69) is 16.0 Å². The van der Waals surface area contributed by atoms with Crippen LogP contribution in [-0.2, 0) is 32.0 Å². The Kier molecular flexibility index (Phi) is 12.6. The summed E-state index contributed by atoms with van der Waals surface area (Å²) >= 11 is 0. The van der Waals surface area contributed by atoms with Crippen molar-refractivity contribution in [3.63, 3.8) is 0 Å². The van der Waals surface area contributed by atoms with Gasteiger partial charge in [-0.1, -0.05) is 74.5 Å². The minimum absolute atomic E-state index is 0.0252. The van der Waals surface area contributed by atoms with E-state index in [1.165, 1.54) is 6.92 Å². The summed E-state index contributed by atoms with van der Waals surface area (Å²) in [7, 11) is 0. The molecule has 0 aliphatic carbocycles. The molecule has 0 bridgehead atoms. The third-order valence-corrected chi connectivity index (χ3v) is 7.28. The standard InChI is InChI=1S/C32H45N3O5/c1-22(2)18-29(33-23(3)36)32(39)35-28(20-25-12-8-5-9-13-25)30(37)21-27(19-24-10-6-4-7-11-24)34-31(38)26-14-16-40-17-15-26/h4-13,22,26-30,37H,14-21H2,1-3H3,(H,33,36)(H,34,38)(H,35,39)/t27-,28-,29-,30-/m0/s1. The van der Waals surface area contributed by atoms with Gasteiger partial charge in [-0.3, -0.25) is 14.4 Å². The number of amides is 3. The van der Waals surface area contributed by atoms with Crippen LogP contribution in [0.2, 0.25) is 0 Å². The van der Waals surface area contributed by atoms with Crippen LogP contribution >= 0.6 is 0 Å². The molecule has 3 rings (SSSR count). The van der Waals surface area contributed by atoms with Gasteiger partial charge in [-0.25, -0.2) is 0 Å². The van der Waals surface area contributed by atoms with Crippen molar-refractivity contribution < 1.29 is 24.2 Å². The summed E-state index contributed by atoms with van der Waals surface area (Å²) < 4.78 is 5.42. The fourth-order valence-electron chi connectivity index (χ4n) is 5.21. The maximum atomic E-state index is 13.4. The van der Waals surface area contributed by atoms with Crippen molar-refractivity contribution >= 4 is 17.7 Å². The van der Waals surface area contributed by atoms with Gasteiger partial charge in [0, 0.05) is 32.1 Å². The van der Waals surface area contributed by atoms with Crippen molar-refractivity contribution in [1.82, 2.24) is 16.0 Å². The number of hydrogen-bond donors (Lipinski definition) is 4. The summed E-state index contributed by atoms with van der Waals surface area (Å²) in [6, 6.07) is 17.9. The second-order valence-electron chi connectivity index (χ2n) is 11.3. The minimum Gasteiger partial charge on any atom is -0.391 e. The van der Waals surface area contributed by atoms with Gasteiger partial charge in [-0.05, 0) is 55.6 Å². The van der Waals surface area contributed by atoms with E-state index in [0.29, 0.717) is 45.3 Å². The van der Waals surface area contributed by atoms with Crippen molar-refractivity contribution in [3.05, 3.63) is 71.8 Å². The molecular weight excluding hydrogens is 506 g/mol. The maximum absolute atomic E-state index is 13.4. The zero-order valence-electron chi connectivity index (χ0n) is 24.0. The molecule has 4 atom stereocenters. The van der Waals surface area contributed by atoms with E-state index in [0.717, 1.165) is 11.1 Å². The lowest BCUT2D eigenvalue weighted by Crippen LogP contribution is -2.54. The second-order valence-corrected chi connectivity index (χ2v) is 11.3. The zero-order valence-corrected chi connectivity index (χ0v) is 24.0. The van der Waals surface area contributed by atoms with Gasteiger partial charge < -0.3 is 25.8 Å². The van der Waals surface area contributed by atoms with Crippen LogP contribution in [0, 0.1) is 11.8 Å². The van der Waals surface area contributed by atoms with Gasteiger partial charge in [-0.2, -0.15) is 0 Å². The van der Waals surface area contributed by atoms with Gasteiger partial charge in [0.1, 0.15) is 6.04 Å². The fraction of sp³-hybridized carbons (Fsp3) is 0.531. The van der Waals surface area contributed by atoms with Crippen LogP contribution in [0.3, 0.4) is 0 Å². The molecular formula is C32H45N3O5. The molecule has 0 unspecified atom stereocenters. The summed E-state index contributed by atoms with van der Waals surface area (Å²) in [5, 5.41) is 20.5. The number of benzene rings is 2. The van der Waals surface area contributed by atoms with Gasteiger partial charge >= 0.3 is 0 Å². The Morgan fingerprint density at radius 1 is 0.850 bits per heavy atom. The number of aliphatic hydroxyl groups is 1. The summed E-state index contributed by atoms with van der Waals surface area (Å²) in [6.07, 6.45) is 2.13. The molecule has 8 heteroatoms. The van der Waals surface area contributed by atoms with Crippen molar-refractivity contribution in [2.45, 2.75) is 83.5 Å². The van der Waals surface area contributed by atoms with Gasteiger partial charge in [0.2, 0.25) is 17.7 Å². The van der Waals surface area contributed by atoms with E-state index in [1.807, 2.05) is 74.5 Å². The molecule has 2 aromatic rings. The monoisotopic (exact) mass is 551 g/mol. The second kappa shape index (κ2) is 16.1. The molecule has 1 saturated heterocycles. The molecule has 1 aliphatic rings. The van der Waals surface area contributed by atoms with Crippen LogP contribution in [-0.4, -0.2) is 60.3 Å². The van der Waals surface area contributed by atoms with Crippen molar-refractivity contribution in [2.24, 2.45) is 11.8 Å². The SMILES string of the molecule is CC(=O)N[C@@H](CC(C)C)C(=O)N[C@@H](Cc1ccccc1)[C@@H](O)C[C@H](Cc1ccccc1)NC(=O)C1CCOCC1. The molecule has 4 N–H and O–H groups in total. The molecule has 2 aromatic carbocycles. The minimum atomic E-state index is -0.940. The Morgan fingerprint density at radius 2 is 1.43 bits per heavy atom. The smallest absolute Gasteiger partial charge is 0.242 e. The van der Waals surface area contributed by atoms with E-state index in [1.54, 1.807) is 0 Å². The normalized spacial score (nSPS) is 16.9. The van der Waals surface area contributed by atoms with E-state index < -0.39 is 18.2 Å². The molecule has 1 fully saturated rings. The van der Waals surface area contributed by atoms with Crippen LogP contribution in [0.1, 0.15) is 57.6 Å². The number of carbonyl (C=O) groups is 3. The molecule has 3 amide bonds. The molecule has 0 aromatic heterocycles.